The van der Waals surface area contributed by atoms with Crippen molar-refractivity contribution in [3.05, 3.63) is 72.8 Å². The molecule has 180 valence electrons. The first-order chi connectivity index (χ1) is 16.4. The molecule has 0 spiro atoms. The van der Waals surface area contributed by atoms with Gasteiger partial charge in [-0.05, 0) is 85.6 Å². The molecule has 0 radical (unpaired) electrons. The average Bonchev–Trinajstić information content (AvgIpc) is 2.84. The minimum absolute atomic E-state index is 0.0576. The summed E-state index contributed by atoms with van der Waals surface area (Å²) in [6.07, 6.45) is 2.46. The van der Waals surface area contributed by atoms with Crippen LogP contribution in [0, 0.1) is 0 Å². The summed E-state index contributed by atoms with van der Waals surface area (Å²) < 4.78 is 32.2. The molecule has 0 saturated carbocycles. The fourth-order valence-corrected chi connectivity index (χ4v) is 5.02. The Morgan fingerprint density at radius 3 is 2.12 bits per heavy atom. The van der Waals surface area contributed by atoms with Crippen LogP contribution in [0.2, 0.25) is 0 Å². The number of hydrogen-bond donors (Lipinski definition) is 3. The Labute approximate surface area is 205 Å². The Kier molecular flexibility index (Phi) is 9.38. The van der Waals surface area contributed by atoms with Crippen LogP contribution in [0.3, 0.4) is 0 Å². The third kappa shape index (κ3) is 8.09. The topological polar surface area (TPSA) is 111 Å². The molecule has 4 N–H and O–H groups in total. The molecule has 0 unspecified atom stereocenters. The van der Waals surface area contributed by atoms with E-state index in [1.165, 1.54) is 19.2 Å². The number of ether oxygens (including phenoxy) is 1. The predicted molar refractivity (Wildman–Crippen MR) is 137 cm³/mol. The van der Waals surface area contributed by atoms with Gasteiger partial charge in [0.05, 0.1) is 12.0 Å². The second-order valence-electron chi connectivity index (χ2n) is 7.63. The molecule has 0 aromatic heterocycles. The fourth-order valence-electron chi connectivity index (χ4n) is 3.13. The lowest BCUT2D eigenvalue weighted by Crippen LogP contribution is -2.24. The van der Waals surface area contributed by atoms with Gasteiger partial charge in [0, 0.05) is 34.1 Å². The van der Waals surface area contributed by atoms with Crippen LogP contribution >= 0.6 is 11.8 Å². The highest BCUT2D eigenvalue weighted by Crippen LogP contribution is 2.29. The Bertz CT molecular complexity index is 1160. The average molecular weight is 500 g/mol. The summed E-state index contributed by atoms with van der Waals surface area (Å²) in [4.78, 5) is 14.6. The molecule has 1 amide bonds. The van der Waals surface area contributed by atoms with E-state index in [2.05, 4.69) is 10.0 Å². The van der Waals surface area contributed by atoms with Gasteiger partial charge in [-0.1, -0.05) is 18.2 Å². The maximum Gasteiger partial charge on any atom is 0.240 e. The molecule has 3 aromatic rings. The number of amides is 1. The zero-order valence-electron chi connectivity index (χ0n) is 19.0. The van der Waals surface area contributed by atoms with Gasteiger partial charge in [0.1, 0.15) is 5.75 Å². The van der Waals surface area contributed by atoms with Gasteiger partial charge >= 0.3 is 0 Å². The van der Waals surface area contributed by atoms with Crippen LogP contribution in [-0.4, -0.2) is 28.0 Å². The van der Waals surface area contributed by atoms with E-state index in [1.807, 2.05) is 48.5 Å². The van der Waals surface area contributed by atoms with Gasteiger partial charge in [0.2, 0.25) is 15.9 Å². The van der Waals surface area contributed by atoms with E-state index in [9.17, 15) is 13.2 Å². The van der Waals surface area contributed by atoms with Crippen LogP contribution < -0.4 is 20.5 Å². The molecule has 7 nitrogen and oxygen atoms in total. The molecule has 0 heterocycles. The Morgan fingerprint density at radius 1 is 0.882 bits per heavy atom. The highest BCUT2D eigenvalue weighted by molar-refractivity contribution is 7.99. The van der Waals surface area contributed by atoms with Gasteiger partial charge in [0.25, 0.3) is 0 Å². The second kappa shape index (κ2) is 12.5. The van der Waals surface area contributed by atoms with Crippen molar-refractivity contribution in [1.82, 2.24) is 4.72 Å². The lowest BCUT2D eigenvalue weighted by atomic mass is 10.2. The fraction of sp³-hybridized carbons (Fsp3) is 0.240. The van der Waals surface area contributed by atoms with Gasteiger partial charge in [-0.3, -0.25) is 4.79 Å². The van der Waals surface area contributed by atoms with Gasteiger partial charge in [0.15, 0.2) is 0 Å². The largest absolute Gasteiger partial charge is 0.497 e. The number of carbonyl (C=O) groups is 1. The van der Waals surface area contributed by atoms with Crippen LogP contribution in [0.25, 0.3) is 0 Å². The van der Waals surface area contributed by atoms with Crippen molar-refractivity contribution in [2.45, 2.75) is 40.4 Å². The number of nitrogen functional groups attached to an aromatic ring is 1. The number of anilines is 2. The number of carbonyl (C=O) groups excluding carboxylic acids is 1. The number of unbranched alkanes of at least 4 members (excludes halogenated alkanes) is 2. The van der Waals surface area contributed by atoms with Crippen molar-refractivity contribution in [2.75, 3.05) is 24.7 Å². The molecule has 0 saturated heterocycles. The number of nitrogens with one attached hydrogen (secondary N) is 2. The number of rotatable bonds is 12. The van der Waals surface area contributed by atoms with Crippen LogP contribution in [0.5, 0.6) is 5.75 Å². The Morgan fingerprint density at radius 2 is 1.50 bits per heavy atom. The predicted octanol–water partition coefficient (Wildman–Crippen LogP) is 4.91. The molecule has 0 bridgehead atoms. The smallest absolute Gasteiger partial charge is 0.240 e. The Balaban J connectivity index is 1.33. The summed E-state index contributed by atoms with van der Waals surface area (Å²) in [6.45, 7) is 0.323. The van der Waals surface area contributed by atoms with Gasteiger partial charge in [-0.25, -0.2) is 13.1 Å². The molecule has 0 fully saturated rings. The zero-order valence-corrected chi connectivity index (χ0v) is 20.6. The highest BCUT2D eigenvalue weighted by atomic mass is 32.2. The van der Waals surface area contributed by atoms with Crippen molar-refractivity contribution in [1.29, 1.82) is 0 Å². The molecule has 3 aromatic carbocycles. The van der Waals surface area contributed by atoms with E-state index in [1.54, 1.807) is 23.9 Å². The SMILES string of the molecule is COc1ccc(S(=O)(=O)NCCCCCC(=O)Nc2ccc(Sc3ccc(N)cc3)cc2)cc1. The molecule has 3 rings (SSSR count). The first kappa shape index (κ1) is 25.6. The second-order valence-corrected chi connectivity index (χ2v) is 10.5. The van der Waals surface area contributed by atoms with Crippen molar-refractivity contribution in [3.63, 3.8) is 0 Å². The highest BCUT2D eigenvalue weighted by Gasteiger charge is 2.13. The van der Waals surface area contributed by atoms with Crippen molar-refractivity contribution in [3.8, 4) is 5.75 Å². The van der Waals surface area contributed by atoms with Crippen molar-refractivity contribution < 1.29 is 17.9 Å². The summed E-state index contributed by atoms with van der Waals surface area (Å²) in [5, 5.41) is 2.90. The van der Waals surface area contributed by atoms with E-state index < -0.39 is 10.0 Å². The van der Waals surface area contributed by atoms with Crippen LogP contribution in [0.4, 0.5) is 11.4 Å². The van der Waals surface area contributed by atoms with Crippen LogP contribution in [-0.2, 0) is 14.8 Å². The minimum atomic E-state index is -3.55. The van der Waals surface area contributed by atoms with Crippen LogP contribution in [0.1, 0.15) is 25.7 Å². The lowest BCUT2D eigenvalue weighted by molar-refractivity contribution is -0.116. The van der Waals surface area contributed by atoms with E-state index in [0.717, 1.165) is 27.6 Å². The molecule has 9 heteroatoms. The molecular weight excluding hydrogens is 470 g/mol. The van der Waals surface area contributed by atoms with E-state index in [4.69, 9.17) is 10.5 Å². The summed E-state index contributed by atoms with van der Waals surface area (Å²) in [5.41, 5.74) is 7.19. The van der Waals surface area contributed by atoms with Gasteiger partial charge < -0.3 is 15.8 Å². The monoisotopic (exact) mass is 499 g/mol. The minimum Gasteiger partial charge on any atom is -0.497 e. The summed E-state index contributed by atoms with van der Waals surface area (Å²) in [6, 6.07) is 21.6. The molecule has 34 heavy (non-hydrogen) atoms. The quantitative estimate of drug-likeness (QED) is 0.241. The molecular formula is C25H29N3O4S2. The van der Waals surface area contributed by atoms with Crippen molar-refractivity contribution >= 4 is 39.1 Å². The summed E-state index contributed by atoms with van der Waals surface area (Å²) in [5.74, 6) is 0.544. The number of benzene rings is 3. The van der Waals surface area contributed by atoms with E-state index in [0.29, 0.717) is 31.6 Å². The molecule has 0 aliphatic carbocycles. The maximum atomic E-state index is 12.3. The molecule has 0 aliphatic heterocycles. The van der Waals surface area contributed by atoms with E-state index in [-0.39, 0.29) is 10.8 Å². The molecule has 0 aliphatic rings. The van der Waals surface area contributed by atoms with Gasteiger partial charge in [-0.15, -0.1) is 0 Å². The normalized spacial score (nSPS) is 11.2. The number of nitrogens with two attached hydrogens (primary N) is 1. The zero-order chi connectivity index (χ0) is 24.4. The third-order valence-corrected chi connectivity index (χ3v) is 7.49. The summed E-state index contributed by atoms with van der Waals surface area (Å²) in [7, 11) is -2.02. The first-order valence-corrected chi connectivity index (χ1v) is 13.2. The number of sulfonamides is 1. The molecule has 0 atom stereocenters. The first-order valence-electron chi connectivity index (χ1n) is 10.9. The van der Waals surface area contributed by atoms with Crippen molar-refractivity contribution in [2.24, 2.45) is 0 Å². The number of hydrogen-bond acceptors (Lipinski definition) is 6. The summed E-state index contributed by atoms with van der Waals surface area (Å²) >= 11 is 1.62. The van der Waals surface area contributed by atoms with Crippen LogP contribution in [0.15, 0.2) is 87.5 Å². The number of methoxy groups -OCH3 is 1. The Hall–Kier alpha value is -3.01. The maximum absolute atomic E-state index is 12.3. The standard InChI is InChI=1S/C25H29N3O4S2/c1-32-21-10-16-24(17-11-21)34(30,31)27-18-4-2-3-5-25(29)28-20-8-14-23(15-9-20)33-22-12-6-19(26)7-13-22/h6-17,27H,2-5,18,26H2,1H3,(H,28,29). The lowest BCUT2D eigenvalue weighted by Gasteiger charge is -2.08. The third-order valence-electron chi connectivity index (χ3n) is 5.00. The van der Waals surface area contributed by atoms with E-state index >= 15 is 0 Å². The van der Waals surface area contributed by atoms with Gasteiger partial charge in [-0.2, -0.15) is 0 Å².